The Morgan fingerprint density at radius 1 is 1.06 bits per heavy atom. The first kappa shape index (κ1) is 30.1. The van der Waals surface area contributed by atoms with E-state index in [1.165, 1.54) is 23.3 Å². The van der Waals surface area contributed by atoms with Crippen molar-refractivity contribution in [3.63, 3.8) is 0 Å². The molecule has 1 fully saturated rings. The number of methoxy groups -OCH3 is 1. The van der Waals surface area contributed by atoms with Gasteiger partial charge in [-0.25, -0.2) is 4.39 Å². The first-order valence-electron chi connectivity index (χ1n) is 14.9. The maximum absolute atomic E-state index is 15.5. The SMILES string of the molecule is COc1ccc(CC(c2ccc(-c3c(-n4cnnn4)ccc(Cl)c3F)c[n+]2[O-])n2cc(-c3ccc(C(=O)NC4CC4)cc3)cn2)cc1. The molecule has 1 saturated carbocycles. The van der Waals surface area contributed by atoms with Gasteiger partial charge in [0.05, 0.1) is 35.1 Å². The Bertz CT molecular complexity index is 2050. The molecule has 0 spiro atoms. The normalized spacial score (nSPS) is 13.3. The minimum Gasteiger partial charge on any atom is -0.618 e. The number of amides is 1. The third-order valence-corrected chi connectivity index (χ3v) is 8.44. The number of ether oxygens (including phenoxy) is 1. The molecule has 47 heavy (non-hydrogen) atoms. The number of nitrogens with zero attached hydrogens (tertiary/aromatic N) is 7. The van der Waals surface area contributed by atoms with Gasteiger partial charge >= 0.3 is 0 Å². The molecular weight excluding hydrogens is 623 g/mol. The zero-order valence-electron chi connectivity index (χ0n) is 25.1. The fourth-order valence-corrected chi connectivity index (χ4v) is 5.62. The predicted molar refractivity (Wildman–Crippen MR) is 172 cm³/mol. The van der Waals surface area contributed by atoms with Crippen molar-refractivity contribution >= 4 is 17.5 Å². The first-order valence-corrected chi connectivity index (χ1v) is 15.3. The van der Waals surface area contributed by atoms with Crippen LogP contribution >= 0.6 is 11.6 Å². The number of pyridine rings is 1. The van der Waals surface area contributed by atoms with E-state index in [9.17, 15) is 10.0 Å². The number of hydrogen-bond acceptors (Lipinski definition) is 7. The van der Waals surface area contributed by atoms with Gasteiger partial charge in [-0.1, -0.05) is 35.9 Å². The van der Waals surface area contributed by atoms with Crippen LogP contribution in [0.2, 0.25) is 5.02 Å². The molecule has 1 amide bonds. The lowest BCUT2D eigenvalue weighted by atomic mass is 10.00. The van der Waals surface area contributed by atoms with Crippen molar-refractivity contribution in [1.82, 2.24) is 35.3 Å². The van der Waals surface area contributed by atoms with Gasteiger partial charge in [0.1, 0.15) is 18.1 Å². The molecule has 0 saturated heterocycles. The van der Waals surface area contributed by atoms with Crippen molar-refractivity contribution in [3.05, 3.63) is 131 Å². The molecule has 1 aliphatic rings. The van der Waals surface area contributed by atoms with Crippen LogP contribution in [0.4, 0.5) is 4.39 Å². The summed E-state index contributed by atoms with van der Waals surface area (Å²) in [5.41, 5.74) is 4.33. The Labute approximate surface area is 273 Å². The van der Waals surface area contributed by atoms with Gasteiger partial charge in [0.25, 0.3) is 5.91 Å². The van der Waals surface area contributed by atoms with Crippen LogP contribution in [0.3, 0.4) is 0 Å². The van der Waals surface area contributed by atoms with E-state index in [1.807, 2.05) is 42.6 Å². The smallest absolute Gasteiger partial charge is 0.251 e. The van der Waals surface area contributed by atoms with Crippen molar-refractivity contribution in [2.24, 2.45) is 0 Å². The molecule has 6 aromatic rings. The largest absolute Gasteiger partial charge is 0.618 e. The highest BCUT2D eigenvalue weighted by Crippen LogP contribution is 2.34. The van der Waals surface area contributed by atoms with Crippen LogP contribution in [0.15, 0.2) is 97.7 Å². The van der Waals surface area contributed by atoms with Crippen molar-refractivity contribution in [1.29, 1.82) is 0 Å². The van der Waals surface area contributed by atoms with E-state index in [-0.39, 0.29) is 22.5 Å². The lowest BCUT2D eigenvalue weighted by Crippen LogP contribution is -2.36. The fraction of sp³-hybridized carbons (Fsp3) is 0.176. The highest BCUT2D eigenvalue weighted by Gasteiger charge is 2.27. The van der Waals surface area contributed by atoms with E-state index in [0.29, 0.717) is 34.7 Å². The van der Waals surface area contributed by atoms with Crippen molar-refractivity contribution < 1.29 is 18.7 Å². The Morgan fingerprint density at radius 3 is 2.51 bits per heavy atom. The molecule has 1 aliphatic carbocycles. The minimum absolute atomic E-state index is 0.0829. The summed E-state index contributed by atoms with van der Waals surface area (Å²) in [6, 6.07) is 21.0. The summed E-state index contributed by atoms with van der Waals surface area (Å²) in [5.74, 6) is -0.0680. The van der Waals surface area contributed by atoms with E-state index in [0.717, 1.165) is 34.3 Å². The van der Waals surface area contributed by atoms with Gasteiger partial charge in [-0.15, -0.1) is 5.10 Å². The summed E-state index contributed by atoms with van der Waals surface area (Å²) in [6.45, 7) is 0. The molecule has 1 N–H and O–H groups in total. The third-order valence-electron chi connectivity index (χ3n) is 8.15. The number of benzene rings is 3. The third kappa shape index (κ3) is 6.27. The van der Waals surface area contributed by atoms with Crippen LogP contribution in [0, 0.1) is 11.0 Å². The lowest BCUT2D eigenvalue weighted by molar-refractivity contribution is -0.615. The quantitative estimate of drug-likeness (QED) is 0.156. The molecule has 3 aromatic heterocycles. The van der Waals surface area contributed by atoms with Crippen molar-refractivity contribution in [3.8, 4) is 33.7 Å². The molecule has 13 heteroatoms. The summed E-state index contributed by atoms with van der Waals surface area (Å²) in [5, 5.41) is 32.5. The van der Waals surface area contributed by atoms with Crippen LogP contribution in [0.1, 0.15) is 40.5 Å². The number of aromatic nitrogens is 7. The van der Waals surface area contributed by atoms with Gasteiger partial charge in [0.2, 0.25) is 5.69 Å². The molecule has 0 bridgehead atoms. The van der Waals surface area contributed by atoms with Gasteiger partial charge in [0, 0.05) is 35.9 Å². The summed E-state index contributed by atoms with van der Waals surface area (Å²) >= 11 is 6.15. The summed E-state index contributed by atoms with van der Waals surface area (Å²) in [4.78, 5) is 12.5. The average molecular weight is 651 g/mol. The van der Waals surface area contributed by atoms with Gasteiger partial charge in [0.15, 0.2) is 12.0 Å². The maximum atomic E-state index is 15.5. The first-order chi connectivity index (χ1) is 22.9. The molecule has 3 aromatic carbocycles. The molecule has 0 radical (unpaired) electrons. The highest BCUT2D eigenvalue weighted by atomic mass is 35.5. The second-order valence-electron chi connectivity index (χ2n) is 11.3. The van der Waals surface area contributed by atoms with Crippen LogP contribution in [0.5, 0.6) is 5.75 Å². The number of nitrogens with one attached hydrogen (secondary N) is 1. The van der Waals surface area contributed by atoms with Gasteiger partial charge in [-0.3, -0.25) is 9.48 Å². The van der Waals surface area contributed by atoms with E-state index in [4.69, 9.17) is 16.3 Å². The molecular formula is C34H28ClFN8O3. The van der Waals surface area contributed by atoms with E-state index in [2.05, 4.69) is 25.9 Å². The molecule has 1 unspecified atom stereocenters. The van der Waals surface area contributed by atoms with E-state index < -0.39 is 11.9 Å². The standard InChI is InChI=1S/C34H28ClFN8O3/c1-47-27-11-2-21(3-12-27)16-31(42-18-25(17-38-42)22-4-6-23(7-5-22)34(45)39-26-9-10-26)29-14-8-24(19-44(29)46)32-30(43-20-37-40-41-43)15-13-28(35)33(32)36/h2-8,11-15,17-20,26,31H,9-10,16H2,1H3,(H,39,45). The van der Waals surface area contributed by atoms with Gasteiger partial charge < -0.3 is 15.3 Å². The van der Waals surface area contributed by atoms with Crippen LogP contribution < -0.4 is 14.8 Å². The molecule has 0 aliphatic heterocycles. The number of carbonyl (C=O) groups is 1. The number of halogens is 2. The fourth-order valence-electron chi connectivity index (χ4n) is 5.46. The van der Waals surface area contributed by atoms with Crippen LogP contribution in [-0.4, -0.2) is 49.0 Å². The highest BCUT2D eigenvalue weighted by molar-refractivity contribution is 6.31. The zero-order chi connectivity index (χ0) is 32.5. The molecule has 7 rings (SSSR count). The number of hydrogen-bond donors (Lipinski definition) is 1. The Hall–Kier alpha value is -5.62. The number of rotatable bonds is 10. The topological polar surface area (TPSA) is 127 Å². The lowest BCUT2D eigenvalue weighted by Gasteiger charge is -2.19. The molecule has 236 valence electrons. The minimum atomic E-state index is -0.699. The van der Waals surface area contributed by atoms with Gasteiger partial charge in [-0.05, 0) is 76.9 Å². The molecule has 11 nitrogen and oxygen atoms in total. The predicted octanol–water partition coefficient (Wildman–Crippen LogP) is 5.35. The maximum Gasteiger partial charge on any atom is 0.251 e. The van der Waals surface area contributed by atoms with Crippen molar-refractivity contribution in [2.75, 3.05) is 7.11 Å². The summed E-state index contributed by atoms with van der Waals surface area (Å²) < 4.78 is 24.6. The second kappa shape index (κ2) is 12.6. The van der Waals surface area contributed by atoms with Crippen LogP contribution in [0.25, 0.3) is 27.9 Å². The Kier molecular flexibility index (Phi) is 8.08. The summed E-state index contributed by atoms with van der Waals surface area (Å²) in [7, 11) is 1.60. The monoisotopic (exact) mass is 650 g/mol. The van der Waals surface area contributed by atoms with Crippen molar-refractivity contribution in [2.45, 2.75) is 31.3 Å². The molecule has 3 heterocycles. The van der Waals surface area contributed by atoms with Crippen LogP contribution in [-0.2, 0) is 6.42 Å². The van der Waals surface area contributed by atoms with E-state index in [1.54, 1.807) is 48.3 Å². The Balaban J connectivity index is 1.24. The number of carbonyl (C=O) groups excluding carboxylic acids is 1. The summed E-state index contributed by atoms with van der Waals surface area (Å²) in [6.07, 6.45) is 8.71. The average Bonchev–Trinajstić information content (AvgIpc) is 3.51. The Morgan fingerprint density at radius 2 is 1.83 bits per heavy atom. The number of tetrazole rings is 1. The molecule has 1 atom stereocenters. The van der Waals surface area contributed by atoms with E-state index >= 15 is 4.39 Å². The second-order valence-corrected chi connectivity index (χ2v) is 11.7. The van der Waals surface area contributed by atoms with Gasteiger partial charge in [-0.2, -0.15) is 14.5 Å². The zero-order valence-corrected chi connectivity index (χ0v) is 25.9.